The van der Waals surface area contributed by atoms with Crippen molar-refractivity contribution in [2.24, 2.45) is 5.92 Å². The third-order valence-corrected chi connectivity index (χ3v) is 5.85. The lowest BCUT2D eigenvalue weighted by molar-refractivity contribution is -0.151. The molecule has 0 aliphatic carbocycles. The second-order valence-electron chi connectivity index (χ2n) is 6.21. The van der Waals surface area contributed by atoms with Crippen molar-refractivity contribution in [2.45, 2.75) is 45.6 Å². The van der Waals surface area contributed by atoms with Gasteiger partial charge in [-0.25, -0.2) is 8.42 Å². The monoisotopic (exact) mass is 384 g/mol. The standard InChI is InChI=1S/C18H28N2O5S/c1-6-20(7-2)26(23,24)16-10-8-15(9-11-16)17(21)19-12-14(5)18(22)25-13(3)4/h8-11,13-14H,6-7,12H2,1-5H3,(H,19,21)/t14-/m1/s1. The van der Waals surface area contributed by atoms with Gasteiger partial charge in [-0.2, -0.15) is 4.31 Å². The molecule has 0 aliphatic rings. The fourth-order valence-corrected chi connectivity index (χ4v) is 3.73. The number of amides is 1. The van der Waals surface area contributed by atoms with E-state index in [1.807, 2.05) is 0 Å². The van der Waals surface area contributed by atoms with Gasteiger partial charge in [0.2, 0.25) is 10.0 Å². The average molecular weight is 384 g/mol. The van der Waals surface area contributed by atoms with Gasteiger partial charge in [0, 0.05) is 25.2 Å². The van der Waals surface area contributed by atoms with E-state index in [-0.39, 0.29) is 29.4 Å². The summed E-state index contributed by atoms with van der Waals surface area (Å²) in [5.74, 6) is -1.22. The van der Waals surface area contributed by atoms with Gasteiger partial charge >= 0.3 is 5.97 Å². The van der Waals surface area contributed by atoms with Crippen LogP contribution < -0.4 is 5.32 Å². The Labute approximate surface area is 155 Å². The molecule has 0 saturated carbocycles. The number of carbonyl (C=O) groups is 2. The second-order valence-corrected chi connectivity index (χ2v) is 8.15. The number of esters is 1. The molecule has 0 aliphatic heterocycles. The fraction of sp³-hybridized carbons (Fsp3) is 0.556. The van der Waals surface area contributed by atoms with Crippen LogP contribution in [0, 0.1) is 5.92 Å². The molecule has 0 bridgehead atoms. The first-order valence-corrected chi connectivity index (χ1v) is 10.2. The highest BCUT2D eigenvalue weighted by molar-refractivity contribution is 7.89. The molecule has 1 rings (SSSR count). The Morgan fingerprint density at radius 1 is 1.08 bits per heavy atom. The van der Waals surface area contributed by atoms with Crippen molar-refractivity contribution in [1.29, 1.82) is 0 Å². The van der Waals surface area contributed by atoms with Gasteiger partial charge in [-0.1, -0.05) is 20.8 Å². The van der Waals surface area contributed by atoms with Crippen LogP contribution in [0.15, 0.2) is 29.2 Å². The Morgan fingerprint density at radius 2 is 1.62 bits per heavy atom. The van der Waals surface area contributed by atoms with E-state index in [1.165, 1.54) is 28.6 Å². The van der Waals surface area contributed by atoms with Crippen LogP contribution in [0.2, 0.25) is 0 Å². The number of carbonyl (C=O) groups excluding carboxylic acids is 2. The van der Waals surface area contributed by atoms with Crippen LogP contribution in [0.3, 0.4) is 0 Å². The van der Waals surface area contributed by atoms with Crippen LogP contribution in [-0.4, -0.2) is 50.3 Å². The summed E-state index contributed by atoms with van der Waals surface area (Å²) in [6.07, 6.45) is -0.207. The molecule has 0 fully saturated rings. The number of rotatable bonds is 9. The molecular weight excluding hydrogens is 356 g/mol. The van der Waals surface area contributed by atoms with Gasteiger partial charge in [0.05, 0.1) is 16.9 Å². The molecule has 146 valence electrons. The molecule has 7 nitrogen and oxygen atoms in total. The highest BCUT2D eigenvalue weighted by Crippen LogP contribution is 2.16. The second kappa shape index (κ2) is 9.68. The van der Waals surface area contributed by atoms with Gasteiger partial charge in [-0.05, 0) is 38.1 Å². The van der Waals surface area contributed by atoms with Crippen LogP contribution in [0.5, 0.6) is 0 Å². The van der Waals surface area contributed by atoms with Gasteiger partial charge in [0.25, 0.3) is 5.91 Å². The maximum atomic E-state index is 12.4. The van der Waals surface area contributed by atoms with Gasteiger partial charge < -0.3 is 10.1 Å². The lowest BCUT2D eigenvalue weighted by Crippen LogP contribution is -2.33. The Bertz CT molecular complexity index is 710. The number of nitrogens with one attached hydrogen (secondary N) is 1. The van der Waals surface area contributed by atoms with E-state index in [0.29, 0.717) is 18.7 Å². The molecule has 0 radical (unpaired) electrons. The first-order valence-electron chi connectivity index (χ1n) is 8.72. The smallest absolute Gasteiger partial charge is 0.310 e. The molecule has 0 unspecified atom stereocenters. The molecule has 1 aromatic rings. The van der Waals surface area contributed by atoms with Crippen molar-refractivity contribution in [3.8, 4) is 0 Å². The summed E-state index contributed by atoms with van der Waals surface area (Å²) in [6, 6.07) is 5.75. The third kappa shape index (κ3) is 5.81. The number of ether oxygens (including phenoxy) is 1. The summed E-state index contributed by atoms with van der Waals surface area (Å²) < 4.78 is 31.3. The van der Waals surface area contributed by atoms with E-state index in [1.54, 1.807) is 34.6 Å². The lowest BCUT2D eigenvalue weighted by Gasteiger charge is -2.18. The maximum Gasteiger partial charge on any atom is 0.310 e. The van der Waals surface area contributed by atoms with Gasteiger partial charge in [0.15, 0.2) is 0 Å². The zero-order valence-electron chi connectivity index (χ0n) is 16.0. The van der Waals surface area contributed by atoms with Crippen LogP contribution in [0.25, 0.3) is 0 Å². The minimum Gasteiger partial charge on any atom is -0.463 e. The van der Waals surface area contributed by atoms with Crippen molar-refractivity contribution in [3.05, 3.63) is 29.8 Å². The summed E-state index contributed by atoms with van der Waals surface area (Å²) in [5.41, 5.74) is 0.327. The molecule has 8 heteroatoms. The summed E-state index contributed by atoms with van der Waals surface area (Å²) in [4.78, 5) is 24.1. The van der Waals surface area contributed by atoms with Crippen LogP contribution in [-0.2, 0) is 19.6 Å². The molecule has 0 aromatic heterocycles. The minimum absolute atomic E-state index is 0.143. The molecule has 1 aromatic carbocycles. The first-order chi connectivity index (χ1) is 12.1. The van der Waals surface area contributed by atoms with E-state index in [4.69, 9.17) is 4.74 Å². The third-order valence-electron chi connectivity index (χ3n) is 3.78. The molecule has 1 amide bonds. The highest BCUT2D eigenvalue weighted by atomic mass is 32.2. The maximum absolute atomic E-state index is 12.4. The lowest BCUT2D eigenvalue weighted by atomic mass is 10.1. The van der Waals surface area contributed by atoms with Crippen LogP contribution in [0.4, 0.5) is 0 Å². The molecule has 0 saturated heterocycles. The zero-order chi connectivity index (χ0) is 19.9. The van der Waals surface area contributed by atoms with Gasteiger partial charge in [0.1, 0.15) is 0 Å². The highest BCUT2D eigenvalue weighted by Gasteiger charge is 2.22. The molecule has 0 heterocycles. The number of benzene rings is 1. The average Bonchev–Trinajstić information content (AvgIpc) is 2.59. The fourth-order valence-electron chi connectivity index (χ4n) is 2.27. The molecule has 1 atom stereocenters. The normalized spacial score (nSPS) is 12.9. The number of sulfonamides is 1. The Kier molecular flexibility index (Phi) is 8.23. The molecule has 0 spiro atoms. The van der Waals surface area contributed by atoms with Crippen molar-refractivity contribution in [3.63, 3.8) is 0 Å². The van der Waals surface area contributed by atoms with Gasteiger partial charge in [-0.15, -0.1) is 0 Å². The Hall–Kier alpha value is -1.93. The predicted molar refractivity (Wildman–Crippen MR) is 99.3 cm³/mol. The van der Waals surface area contributed by atoms with E-state index in [9.17, 15) is 18.0 Å². The zero-order valence-corrected chi connectivity index (χ0v) is 16.8. The predicted octanol–water partition coefficient (Wildman–Crippen LogP) is 2.03. The van der Waals surface area contributed by atoms with Crippen LogP contribution >= 0.6 is 0 Å². The molecular formula is C18H28N2O5S. The summed E-state index contributed by atoms with van der Waals surface area (Å²) in [7, 11) is -3.55. The topological polar surface area (TPSA) is 92.8 Å². The Balaban J connectivity index is 2.74. The largest absolute Gasteiger partial charge is 0.463 e. The van der Waals surface area contributed by atoms with Crippen LogP contribution in [0.1, 0.15) is 45.0 Å². The SMILES string of the molecule is CCN(CC)S(=O)(=O)c1ccc(C(=O)NC[C@@H](C)C(=O)OC(C)C)cc1. The van der Waals surface area contributed by atoms with E-state index >= 15 is 0 Å². The first kappa shape index (κ1) is 22.1. The quantitative estimate of drug-likeness (QED) is 0.658. The summed E-state index contributed by atoms with van der Waals surface area (Å²) in [6.45, 7) is 9.64. The summed E-state index contributed by atoms with van der Waals surface area (Å²) >= 11 is 0. The van der Waals surface area contributed by atoms with Crippen molar-refractivity contribution in [2.75, 3.05) is 19.6 Å². The minimum atomic E-state index is -3.55. The van der Waals surface area contributed by atoms with Crippen molar-refractivity contribution >= 4 is 21.9 Å². The van der Waals surface area contributed by atoms with E-state index < -0.39 is 15.9 Å². The van der Waals surface area contributed by atoms with E-state index in [2.05, 4.69) is 5.32 Å². The van der Waals surface area contributed by atoms with Crippen molar-refractivity contribution in [1.82, 2.24) is 9.62 Å². The summed E-state index contributed by atoms with van der Waals surface area (Å²) in [5, 5.41) is 2.66. The Morgan fingerprint density at radius 3 is 2.08 bits per heavy atom. The van der Waals surface area contributed by atoms with E-state index in [0.717, 1.165) is 0 Å². The molecule has 1 N–H and O–H groups in total. The number of nitrogens with zero attached hydrogens (tertiary/aromatic N) is 1. The molecule has 26 heavy (non-hydrogen) atoms. The van der Waals surface area contributed by atoms with Crippen molar-refractivity contribution < 1.29 is 22.7 Å². The number of hydrogen-bond acceptors (Lipinski definition) is 5. The van der Waals surface area contributed by atoms with Gasteiger partial charge in [-0.3, -0.25) is 9.59 Å². The number of hydrogen-bond donors (Lipinski definition) is 1.